The first kappa shape index (κ1) is 22.9. The van der Waals surface area contributed by atoms with E-state index in [9.17, 15) is 18.0 Å². The molecule has 8 nitrogen and oxygen atoms in total. The van der Waals surface area contributed by atoms with E-state index in [1.54, 1.807) is 48.5 Å². The van der Waals surface area contributed by atoms with Crippen LogP contribution in [0, 0.1) is 6.92 Å². The van der Waals surface area contributed by atoms with Crippen LogP contribution in [0.4, 0.5) is 11.4 Å². The molecule has 1 saturated heterocycles. The third kappa shape index (κ3) is 5.69. The van der Waals surface area contributed by atoms with Crippen molar-refractivity contribution < 1.29 is 22.9 Å². The van der Waals surface area contributed by atoms with Crippen molar-refractivity contribution in [3.63, 3.8) is 0 Å². The highest BCUT2D eigenvalue weighted by Gasteiger charge is 2.34. The molecule has 1 aliphatic heterocycles. The number of carbonyl (C=O) groups is 2. The van der Waals surface area contributed by atoms with Gasteiger partial charge in [0.05, 0.1) is 31.1 Å². The molecular weight excluding hydrogens is 416 g/mol. The maximum atomic E-state index is 12.9. The van der Waals surface area contributed by atoms with Crippen molar-refractivity contribution in [3.8, 4) is 0 Å². The van der Waals surface area contributed by atoms with Gasteiger partial charge >= 0.3 is 0 Å². The minimum absolute atomic E-state index is 0.128. The summed E-state index contributed by atoms with van der Waals surface area (Å²) in [6.45, 7) is 7.06. The fourth-order valence-electron chi connectivity index (χ4n) is 3.58. The second-order valence-corrected chi connectivity index (χ2v) is 9.78. The van der Waals surface area contributed by atoms with E-state index >= 15 is 0 Å². The monoisotopic (exact) mass is 445 g/mol. The molecule has 0 radical (unpaired) electrons. The van der Waals surface area contributed by atoms with Crippen LogP contribution in [0.15, 0.2) is 53.4 Å². The van der Waals surface area contributed by atoms with Crippen molar-refractivity contribution in [2.24, 2.45) is 0 Å². The van der Waals surface area contributed by atoms with E-state index in [2.05, 4.69) is 10.6 Å². The van der Waals surface area contributed by atoms with E-state index in [0.717, 1.165) is 10.5 Å². The number of nitrogens with one attached hydrogen (secondary N) is 3. The highest BCUT2D eigenvalue weighted by Crippen LogP contribution is 2.16. The third-order valence-electron chi connectivity index (χ3n) is 5.50. The zero-order valence-corrected chi connectivity index (χ0v) is 18.8. The highest BCUT2D eigenvalue weighted by molar-refractivity contribution is 7.89. The Kier molecular flexibility index (Phi) is 7.09. The molecule has 3 N–H and O–H groups in total. The summed E-state index contributed by atoms with van der Waals surface area (Å²) in [7, 11) is -3.52. The fraction of sp³-hybridized carbons (Fsp3) is 0.364. The zero-order chi connectivity index (χ0) is 22.6. The van der Waals surface area contributed by atoms with Crippen molar-refractivity contribution in [1.82, 2.24) is 4.31 Å². The molecule has 0 aromatic heterocycles. The Hall–Kier alpha value is -2.75. The van der Waals surface area contributed by atoms with Crippen LogP contribution in [0.2, 0.25) is 0 Å². The first-order valence-electron chi connectivity index (χ1n) is 10.3. The van der Waals surface area contributed by atoms with E-state index in [0.29, 0.717) is 42.4 Å². The molecule has 0 bridgehead atoms. The van der Waals surface area contributed by atoms with E-state index in [1.165, 1.54) is 11.2 Å². The quantitative estimate of drug-likeness (QED) is 0.614. The summed E-state index contributed by atoms with van der Waals surface area (Å²) < 4.78 is 27.2. The van der Waals surface area contributed by atoms with Gasteiger partial charge in [0, 0.05) is 18.3 Å². The summed E-state index contributed by atoms with van der Waals surface area (Å²) in [4.78, 5) is 25.1. The number of nitrogens with zero attached hydrogens (tertiary/aromatic N) is 1. The van der Waals surface area contributed by atoms with Gasteiger partial charge in [-0.05, 0) is 50.2 Å². The van der Waals surface area contributed by atoms with Crippen LogP contribution in [-0.4, -0.2) is 56.8 Å². The van der Waals surface area contributed by atoms with Gasteiger partial charge in [-0.2, -0.15) is 4.31 Å². The molecule has 3 rings (SSSR count). The van der Waals surface area contributed by atoms with Crippen molar-refractivity contribution in [3.05, 3.63) is 54.1 Å². The number of benzene rings is 2. The standard InChI is InChI=1S/C22H28N4O4S/c1-16-4-10-21(11-5-16)31(29,30)26-14-12-25(13-15-26)17(2)22(28)24-20-8-6-19(7-9-20)23-18(3)27/h4-11,17H,12-15H2,1-3H3,(H,23,27)(H,24,28)/p+1/t17-/m0/s1. The number of hydrogen-bond acceptors (Lipinski definition) is 4. The number of carbonyl (C=O) groups excluding carboxylic acids is 2. The highest BCUT2D eigenvalue weighted by atomic mass is 32.2. The van der Waals surface area contributed by atoms with Gasteiger partial charge in [-0.1, -0.05) is 17.7 Å². The van der Waals surface area contributed by atoms with Crippen molar-refractivity contribution >= 4 is 33.2 Å². The SMILES string of the molecule is CC(=O)Nc1ccc(NC(=O)[C@H](C)[NH+]2CCN(S(=O)(=O)c3ccc(C)cc3)CC2)cc1. The molecule has 9 heteroatoms. The van der Waals surface area contributed by atoms with Crippen molar-refractivity contribution in [1.29, 1.82) is 0 Å². The number of rotatable bonds is 6. The number of sulfonamides is 1. The molecule has 1 aliphatic rings. The van der Waals surface area contributed by atoms with Gasteiger partial charge in [0.25, 0.3) is 5.91 Å². The van der Waals surface area contributed by atoms with Gasteiger partial charge in [0.1, 0.15) is 0 Å². The molecule has 1 heterocycles. The average Bonchev–Trinajstić information content (AvgIpc) is 2.74. The van der Waals surface area contributed by atoms with E-state index in [4.69, 9.17) is 0 Å². The Morgan fingerprint density at radius 2 is 1.45 bits per heavy atom. The Morgan fingerprint density at radius 1 is 0.935 bits per heavy atom. The van der Waals surface area contributed by atoms with Crippen molar-refractivity contribution in [2.45, 2.75) is 31.7 Å². The predicted molar refractivity (Wildman–Crippen MR) is 119 cm³/mol. The van der Waals surface area contributed by atoms with Crippen LogP contribution in [0.5, 0.6) is 0 Å². The molecule has 166 valence electrons. The normalized spacial score (nSPS) is 16.5. The summed E-state index contributed by atoms with van der Waals surface area (Å²) in [6, 6.07) is 13.5. The van der Waals surface area contributed by atoms with Crippen LogP contribution in [-0.2, 0) is 19.6 Å². The number of hydrogen-bond donors (Lipinski definition) is 3. The first-order chi connectivity index (χ1) is 14.7. The number of anilines is 2. The second kappa shape index (κ2) is 9.59. The summed E-state index contributed by atoms with van der Waals surface area (Å²) in [5, 5.41) is 5.57. The molecule has 2 amide bonds. The largest absolute Gasteiger partial charge is 0.326 e. The van der Waals surface area contributed by atoms with Gasteiger partial charge in [-0.15, -0.1) is 0 Å². The van der Waals surface area contributed by atoms with E-state index < -0.39 is 10.0 Å². The second-order valence-electron chi connectivity index (χ2n) is 7.84. The Morgan fingerprint density at radius 3 is 1.97 bits per heavy atom. The predicted octanol–water partition coefficient (Wildman–Crippen LogP) is 0.870. The number of piperazine rings is 1. The molecule has 2 aromatic carbocycles. The van der Waals surface area contributed by atoms with Crippen LogP contribution >= 0.6 is 0 Å². The molecule has 0 unspecified atom stereocenters. The molecule has 0 aliphatic carbocycles. The van der Waals surface area contributed by atoms with Crippen LogP contribution < -0.4 is 15.5 Å². The van der Waals surface area contributed by atoms with Gasteiger partial charge in [0.15, 0.2) is 6.04 Å². The molecule has 1 fully saturated rings. The number of quaternary nitrogens is 1. The molecule has 0 saturated carbocycles. The Labute approximate surface area is 183 Å². The number of amides is 2. The Balaban J connectivity index is 1.55. The van der Waals surface area contributed by atoms with Crippen LogP contribution in [0.1, 0.15) is 19.4 Å². The molecular formula is C22H29N4O4S+. The van der Waals surface area contributed by atoms with Gasteiger partial charge in [-0.25, -0.2) is 8.42 Å². The smallest absolute Gasteiger partial charge is 0.282 e. The van der Waals surface area contributed by atoms with Crippen LogP contribution in [0.25, 0.3) is 0 Å². The summed E-state index contributed by atoms with van der Waals surface area (Å²) >= 11 is 0. The van der Waals surface area contributed by atoms with Gasteiger partial charge < -0.3 is 15.5 Å². The lowest BCUT2D eigenvalue weighted by atomic mass is 10.2. The topological polar surface area (TPSA) is 100 Å². The van der Waals surface area contributed by atoms with Gasteiger partial charge in [-0.3, -0.25) is 9.59 Å². The maximum Gasteiger partial charge on any atom is 0.282 e. The zero-order valence-electron chi connectivity index (χ0n) is 18.0. The lowest BCUT2D eigenvalue weighted by Gasteiger charge is -2.34. The first-order valence-corrected chi connectivity index (χ1v) is 11.7. The molecule has 1 atom stereocenters. The Bertz CT molecular complexity index is 1030. The summed E-state index contributed by atoms with van der Waals surface area (Å²) in [6.07, 6.45) is 0. The minimum Gasteiger partial charge on any atom is -0.326 e. The molecule has 2 aromatic rings. The lowest BCUT2D eigenvalue weighted by Crippen LogP contribution is -3.19. The average molecular weight is 446 g/mol. The van der Waals surface area contributed by atoms with Crippen molar-refractivity contribution in [2.75, 3.05) is 36.8 Å². The summed E-state index contributed by atoms with van der Waals surface area (Å²) in [5.41, 5.74) is 2.32. The fourth-order valence-corrected chi connectivity index (χ4v) is 5.02. The molecule has 31 heavy (non-hydrogen) atoms. The maximum absolute atomic E-state index is 12.9. The van der Waals surface area contributed by atoms with Gasteiger partial charge in [0.2, 0.25) is 15.9 Å². The minimum atomic E-state index is -3.52. The van der Waals surface area contributed by atoms with E-state index in [-0.39, 0.29) is 17.9 Å². The lowest BCUT2D eigenvalue weighted by molar-refractivity contribution is -0.917. The van der Waals surface area contributed by atoms with Crippen LogP contribution in [0.3, 0.4) is 0 Å². The summed E-state index contributed by atoms with van der Waals surface area (Å²) in [5.74, 6) is -0.283. The third-order valence-corrected chi connectivity index (χ3v) is 7.41. The molecule has 0 spiro atoms. The van der Waals surface area contributed by atoms with E-state index in [1.807, 2.05) is 13.8 Å². The number of aryl methyl sites for hydroxylation is 1.